The maximum absolute atomic E-state index is 12.3. The number of nitrogens with zero attached hydrogens (tertiary/aromatic N) is 1. The van der Waals surface area contributed by atoms with E-state index in [1.54, 1.807) is 12.1 Å². The highest BCUT2D eigenvalue weighted by Crippen LogP contribution is 2.22. The van der Waals surface area contributed by atoms with Gasteiger partial charge in [-0.25, -0.2) is 13.1 Å². The molecule has 2 heterocycles. The number of benzene rings is 1. The molecule has 3 N–H and O–H groups in total. The van der Waals surface area contributed by atoms with Crippen molar-refractivity contribution in [3.8, 4) is 0 Å². The summed E-state index contributed by atoms with van der Waals surface area (Å²) in [6, 6.07) is 4.90. The fourth-order valence-corrected chi connectivity index (χ4v) is 3.94. The van der Waals surface area contributed by atoms with Gasteiger partial charge in [0.15, 0.2) is 0 Å². The molecule has 0 radical (unpaired) electrons. The summed E-state index contributed by atoms with van der Waals surface area (Å²) >= 11 is 0. The second-order valence-corrected chi connectivity index (χ2v) is 7.96. The first-order chi connectivity index (χ1) is 12.0. The van der Waals surface area contributed by atoms with E-state index in [-0.39, 0.29) is 29.8 Å². The molecule has 10 heteroatoms. The molecule has 1 aromatic rings. The standard InChI is InChI=1S/C16H24N4O4S.ClH/c21-16(18-5-8-20-6-3-17-4-7-20)10-19-25(22,23)15-2-1-13-11-24-12-14(13)9-15;/h1-2,9,17,19H,3-8,10-12H2,(H,18,21);1H. The maximum atomic E-state index is 12.3. The van der Waals surface area contributed by atoms with E-state index < -0.39 is 10.0 Å². The lowest BCUT2D eigenvalue weighted by molar-refractivity contribution is -0.120. The highest BCUT2D eigenvalue weighted by atomic mass is 35.5. The molecule has 0 unspecified atom stereocenters. The molecule has 1 aromatic carbocycles. The molecule has 0 saturated carbocycles. The van der Waals surface area contributed by atoms with Crippen LogP contribution in [0.25, 0.3) is 0 Å². The van der Waals surface area contributed by atoms with Gasteiger partial charge in [0.2, 0.25) is 15.9 Å². The molecule has 0 aromatic heterocycles. The number of halogens is 1. The molecule has 8 nitrogen and oxygen atoms in total. The van der Waals surface area contributed by atoms with Crippen molar-refractivity contribution >= 4 is 28.3 Å². The van der Waals surface area contributed by atoms with E-state index in [9.17, 15) is 13.2 Å². The molecule has 2 aliphatic heterocycles. The maximum Gasteiger partial charge on any atom is 0.241 e. The van der Waals surface area contributed by atoms with Crippen LogP contribution in [-0.4, -0.2) is 65.0 Å². The minimum atomic E-state index is -3.71. The average Bonchev–Trinajstić information content (AvgIpc) is 3.09. The number of hydrogen-bond donors (Lipinski definition) is 3. The van der Waals surface area contributed by atoms with E-state index in [0.717, 1.165) is 43.9 Å². The first-order valence-corrected chi connectivity index (χ1v) is 9.92. The fourth-order valence-electron chi connectivity index (χ4n) is 2.91. The summed E-state index contributed by atoms with van der Waals surface area (Å²) in [4.78, 5) is 14.3. The summed E-state index contributed by atoms with van der Waals surface area (Å²) in [5.41, 5.74) is 1.88. The van der Waals surface area contributed by atoms with E-state index in [4.69, 9.17) is 4.74 Å². The number of ether oxygens (including phenoxy) is 1. The largest absolute Gasteiger partial charge is 0.372 e. The van der Waals surface area contributed by atoms with Crippen molar-refractivity contribution in [2.24, 2.45) is 0 Å². The number of amides is 1. The van der Waals surface area contributed by atoms with Crippen LogP contribution in [0.3, 0.4) is 0 Å². The number of carbonyl (C=O) groups excluding carboxylic acids is 1. The molecule has 0 atom stereocenters. The summed E-state index contributed by atoms with van der Waals surface area (Å²) in [5, 5.41) is 6.02. The molecule has 0 aliphatic carbocycles. The fraction of sp³-hybridized carbons (Fsp3) is 0.562. The zero-order valence-electron chi connectivity index (χ0n) is 14.5. The van der Waals surface area contributed by atoms with E-state index in [0.29, 0.717) is 19.8 Å². The molecule has 1 fully saturated rings. The van der Waals surface area contributed by atoms with Crippen LogP contribution in [-0.2, 0) is 32.8 Å². The Labute approximate surface area is 160 Å². The van der Waals surface area contributed by atoms with Crippen molar-refractivity contribution in [1.29, 1.82) is 0 Å². The van der Waals surface area contributed by atoms with Crippen LogP contribution in [0.1, 0.15) is 11.1 Å². The van der Waals surface area contributed by atoms with Crippen molar-refractivity contribution < 1.29 is 17.9 Å². The van der Waals surface area contributed by atoms with Crippen LogP contribution in [0.2, 0.25) is 0 Å². The third kappa shape index (κ3) is 5.63. The second-order valence-electron chi connectivity index (χ2n) is 6.19. The number of carbonyl (C=O) groups is 1. The number of nitrogens with one attached hydrogen (secondary N) is 3. The van der Waals surface area contributed by atoms with E-state index in [2.05, 4.69) is 20.3 Å². The number of rotatable bonds is 7. The van der Waals surface area contributed by atoms with E-state index >= 15 is 0 Å². The number of piperazine rings is 1. The third-order valence-corrected chi connectivity index (χ3v) is 5.78. The normalized spacial score (nSPS) is 17.4. The van der Waals surface area contributed by atoms with E-state index in [1.807, 2.05) is 0 Å². The number of fused-ring (bicyclic) bond motifs is 1. The first-order valence-electron chi connectivity index (χ1n) is 8.43. The van der Waals surface area contributed by atoms with Crippen molar-refractivity contribution in [1.82, 2.24) is 20.3 Å². The minimum absolute atomic E-state index is 0. The molecule has 2 aliphatic rings. The minimum Gasteiger partial charge on any atom is -0.372 e. The first kappa shape index (κ1) is 21.1. The van der Waals surface area contributed by atoms with Crippen molar-refractivity contribution in [3.05, 3.63) is 29.3 Å². The Morgan fingerprint density at radius 3 is 2.69 bits per heavy atom. The van der Waals surface area contributed by atoms with Gasteiger partial charge in [0.1, 0.15) is 0 Å². The van der Waals surface area contributed by atoms with Crippen LogP contribution >= 0.6 is 12.4 Å². The lowest BCUT2D eigenvalue weighted by Crippen LogP contribution is -2.47. The van der Waals surface area contributed by atoms with Crippen molar-refractivity contribution in [2.45, 2.75) is 18.1 Å². The summed E-state index contributed by atoms with van der Waals surface area (Å²) in [6.07, 6.45) is 0. The highest BCUT2D eigenvalue weighted by Gasteiger charge is 2.19. The average molecular weight is 405 g/mol. The number of hydrogen-bond acceptors (Lipinski definition) is 6. The zero-order valence-corrected chi connectivity index (χ0v) is 16.1. The van der Waals surface area contributed by atoms with Gasteiger partial charge in [0.05, 0.1) is 24.7 Å². The Hall–Kier alpha value is -1.23. The van der Waals surface area contributed by atoms with Crippen LogP contribution in [0.15, 0.2) is 23.1 Å². The molecule has 26 heavy (non-hydrogen) atoms. The second kappa shape index (κ2) is 9.63. The summed E-state index contributed by atoms with van der Waals surface area (Å²) in [6.45, 7) is 5.79. The predicted molar refractivity (Wildman–Crippen MR) is 99.7 cm³/mol. The van der Waals surface area contributed by atoms with Gasteiger partial charge < -0.3 is 15.4 Å². The van der Waals surface area contributed by atoms with Gasteiger partial charge in [0.25, 0.3) is 0 Å². The number of sulfonamides is 1. The lowest BCUT2D eigenvalue weighted by Gasteiger charge is -2.27. The van der Waals surface area contributed by atoms with Crippen LogP contribution < -0.4 is 15.4 Å². The Morgan fingerprint density at radius 1 is 1.19 bits per heavy atom. The Balaban J connectivity index is 0.00000243. The predicted octanol–water partition coefficient (Wildman–Crippen LogP) is -0.562. The highest BCUT2D eigenvalue weighted by molar-refractivity contribution is 7.89. The van der Waals surface area contributed by atoms with Crippen LogP contribution in [0, 0.1) is 0 Å². The lowest BCUT2D eigenvalue weighted by atomic mass is 10.1. The summed E-state index contributed by atoms with van der Waals surface area (Å²) in [7, 11) is -3.71. The van der Waals surface area contributed by atoms with Gasteiger partial charge in [-0.1, -0.05) is 6.07 Å². The van der Waals surface area contributed by atoms with E-state index in [1.165, 1.54) is 6.07 Å². The monoisotopic (exact) mass is 404 g/mol. The van der Waals surface area contributed by atoms with Gasteiger partial charge in [-0.05, 0) is 23.3 Å². The summed E-state index contributed by atoms with van der Waals surface area (Å²) in [5.74, 6) is -0.330. The molecule has 3 rings (SSSR count). The molecular formula is C16H25ClN4O4S. The van der Waals surface area contributed by atoms with Crippen molar-refractivity contribution in [3.63, 3.8) is 0 Å². The third-order valence-electron chi connectivity index (χ3n) is 4.39. The van der Waals surface area contributed by atoms with Gasteiger partial charge in [-0.3, -0.25) is 9.69 Å². The quantitative estimate of drug-likeness (QED) is 0.563. The van der Waals surface area contributed by atoms with Crippen LogP contribution in [0.4, 0.5) is 0 Å². The molecule has 0 spiro atoms. The molecule has 0 bridgehead atoms. The SMILES string of the molecule is Cl.O=C(CNS(=O)(=O)c1ccc2c(c1)COC2)NCCN1CCNCC1. The molecular weight excluding hydrogens is 380 g/mol. The summed E-state index contributed by atoms with van der Waals surface area (Å²) < 4.78 is 32.3. The zero-order chi connectivity index (χ0) is 17.7. The van der Waals surface area contributed by atoms with Gasteiger partial charge in [-0.15, -0.1) is 12.4 Å². The smallest absolute Gasteiger partial charge is 0.241 e. The van der Waals surface area contributed by atoms with Crippen LogP contribution in [0.5, 0.6) is 0 Å². The molecule has 1 amide bonds. The van der Waals surface area contributed by atoms with Gasteiger partial charge in [0, 0.05) is 39.3 Å². The molecule has 146 valence electrons. The Morgan fingerprint density at radius 2 is 1.92 bits per heavy atom. The Kier molecular flexibility index (Phi) is 7.81. The Bertz CT molecular complexity index is 723. The van der Waals surface area contributed by atoms with Gasteiger partial charge >= 0.3 is 0 Å². The van der Waals surface area contributed by atoms with Crippen molar-refractivity contribution in [2.75, 3.05) is 45.8 Å². The van der Waals surface area contributed by atoms with Gasteiger partial charge in [-0.2, -0.15) is 0 Å². The molecule has 1 saturated heterocycles. The topological polar surface area (TPSA) is 99.8 Å².